The molecule has 1 heterocycles. The second kappa shape index (κ2) is 10.9. The summed E-state index contributed by atoms with van der Waals surface area (Å²) in [6.45, 7) is 8.00. The number of ether oxygens (including phenoxy) is 1. The third-order valence-corrected chi connectivity index (χ3v) is 5.98. The van der Waals surface area contributed by atoms with Crippen LogP contribution in [0.5, 0.6) is 0 Å². The molecule has 10 atom stereocenters. The summed E-state index contributed by atoms with van der Waals surface area (Å²) in [5.74, 6) is 0.397. The minimum Gasteiger partial charge on any atom is -0.392 e. The molecule has 26 heavy (non-hydrogen) atoms. The van der Waals surface area contributed by atoms with E-state index in [1.165, 1.54) is 0 Å². The number of rotatable bonds is 10. The minimum absolute atomic E-state index is 0.123. The van der Waals surface area contributed by atoms with Crippen molar-refractivity contribution in [1.82, 2.24) is 5.32 Å². The summed E-state index contributed by atoms with van der Waals surface area (Å²) in [5.41, 5.74) is 18.5. The molecule has 7 heteroatoms. The number of nitrogens with one attached hydrogen (secondary N) is 1. The Kier molecular flexibility index (Phi) is 9.96. The monoisotopic (exact) mass is 374 g/mol. The lowest BCUT2D eigenvalue weighted by atomic mass is 9.83. The first-order valence-corrected chi connectivity index (χ1v) is 10.0. The molecule has 1 rings (SSSR count). The lowest BCUT2D eigenvalue weighted by molar-refractivity contribution is -0.152. The Morgan fingerprint density at radius 1 is 1.12 bits per heavy atom. The van der Waals surface area contributed by atoms with Gasteiger partial charge in [0.05, 0.1) is 24.4 Å². The summed E-state index contributed by atoms with van der Waals surface area (Å²) < 4.78 is 6.25. The van der Waals surface area contributed by atoms with Gasteiger partial charge in [0, 0.05) is 24.2 Å². The van der Waals surface area contributed by atoms with Gasteiger partial charge in [-0.2, -0.15) is 0 Å². The summed E-state index contributed by atoms with van der Waals surface area (Å²) in [6, 6.07) is -0.284. The highest BCUT2D eigenvalue weighted by atomic mass is 16.5. The first-order chi connectivity index (χ1) is 12.1. The summed E-state index contributed by atoms with van der Waals surface area (Å²) in [5, 5.41) is 23.2. The van der Waals surface area contributed by atoms with Gasteiger partial charge in [0.2, 0.25) is 0 Å². The molecule has 7 nitrogen and oxygen atoms in total. The second-order valence-electron chi connectivity index (χ2n) is 8.53. The van der Waals surface area contributed by atoms with E-state index in [1.807, 2.05) is 7.05 Å². The SMILES string of the molecule is CNC(C)CC(C)C1OC(CC(C)C(N)CC(N)C(C)O)C(N)CC1O. The van der Waals surface area contributed by atoms with Crippen LogP contribution in [-0.4, -0.2) is 65.8 Å². The molecule has 9 N–H and O–H groups in total. The molecular weight excluding hydrogens is 332 g/mol. The lowest BCUT2D eigenvalue weighted by Crippen LogP contribution is -2.54. The average Bonchev–Trinajstić information content (AvgIpc) is 2.56. The molecule has 156 valence electrons. The Morgan fingerprint density at radius 3 is 2.27 bits per heavy atom. The third-order valence-electron chi connectivity index (χ3n) is 5.98. The summed E-state index contributed by atoms with van der Waals surface area (Å²) >= 11 is 0. The number of aliphatic hydroxyl groups is 2. The standard InChI is InChI=1S/C19H42N4O3/c1-10(14(20)8-15(21)13(4)24)7-18-16(22)9-17(25)19(26-18)11(2)6-12(3)23-5/h10-19,23-25H,6-9,20-22H2,1-5H3. The quantitative estimate of drug-likeness (QED) is 0.314. The second-order valence-corrected chi connectivity index (χ2v) is 8.53. The Morgan fingerprint density at radius 2 is 1.73 bits per heavy atom. The fraction of sp³-hybridized carbons (Fsp3) is 1.00. The lowest BCUT2D eigenvalue weighted by Gasteiger charge is -2.42. The minimum atomic E-state index is -0.573. The summed E-state index contributed by atoms with van der Waals surface area (Å²) in [7, 11) is 1.94. The van der Waals surface area contributed by atoms with Crippen molar-refractivity contribution in [3.63, 3.8) is 0 Å². The number of nitrogens with two attached hydrogens (primary N) is 3. The van der Waals surface area contributed by atoms with Crippen LogP contribution in [0, 0.1) is 11.8 Å². The van der Waals surface area contributed by atoms with E-state index in [4.69, 9.17) is 21.9 Å². The molecular formula is C19H42N4O3. The van der Waals surface area contributed by atoms with E-state index in [-0.39, 0.29) is 42.2 Å². The molecule has 0 saturated carbocycles. The van der Waals surface area contributed by atoms with Crippen LogP contribution in [0.3, 0.4) is 0 Å². The first-order valence-electron chi connectivity index (χ1n) is 10.0. The zero-order valence-corrected chi connectivity index (χ0v) is 17.1. The van der Waals surface area contributed by atoms with E-state index in [1.54, 1.807) is 6.92 Å². The van der Waals surface area contributed by atoms with Crippen molar-refractivity contribution in [2.75, 3.05) is 7.05 Å². The fourth-order valence-electron chi connectivity index (χ4n) is 3.80. The maximum absolute atomic E-state index is 10.4. The number of hydrogen-bond donors (Lipinski definition) is 6. The van der Waals surface area contributed by atoms with Crippen LogP contribution in [0.15, 0.2) is 0 Å². The van der Waals surface area contributed by atoms with Crippen molar-refractivity contribution in [3.05, 3.63) is 0 Å². The van der Waals surface area contributed by atoms with Crippen molar-refractivity contribution >= 4 is 0 Å². The largest absolute Gasteiger partial charge is 0.392 e. The molecule has 1 fully saturated rings. The van der Waals surface area contributed by atoms with E-state index >= 15 is 0 Å². The Balaban J connectivity index is 2.64. The van der Waals surface area contributed by atoms with Gasteiger partial charge in [0.1, 0.15) is 0 Å². The van der Waals surface area contributed by atoms with Gasteiger partial charge >= 0.3 is 0 Å². The van der Waals surface area contributed by atoms with Crippen LogP contribution in [0.2, 0.25) is 0 Å². The highest BCUT2D eigenvalue weighted by Gasteiger charge is 2.39. The highest BCUT2D eigenvalue weighted by Crippen LogP contribution is 2.30. The molecule has 0 aromatic carbocycles. The molecule has 0 spiro atoms. The maximum Gasteiger partial charge on any atom is 0.0865 e. The number of hydrogen-bond acceptors (Lipinski definition) is 7. The molecule has 0 amide bonds. The zero-order valence-electron chi connectivity index (χ0n) is 17.1. The maximum atomic E-state index is 10.4. The summed E-state index contributed by atoms with van der Waals surface area (Å²) in [6.07, 6.45) is 1.32. The van der Waals surface area contributed by atoms with Crippen LogP contribution >= 0.6 is 0 Å². The van der Waals surface area contributed by atoms with Crippen molar-refractivity contribution in [3.8, 4) is 0 Å². The van der Waals surface area contributed by atoms with E-state index in [0.29, 0.717) is 18.9 Å². The average molecular weight is 375 g/mol. The molecule has 0 radical (unpaired) electrons. The zero-order chi connectivity index (χ0) is 20.0. The van der Waals surface area contributed by atoms with Crippen LogP contribution in [0.1, 0.15) is 53.4 Å². The van der Waals surface area contributed by atoms with E-state index in [9.17, 15) is 10.2 Å². The van der Waals surface area contributed by atoms with Crippen LogP contribution in [0.25, 0.3) is 0 Å². The Bertz CT molecular complexity index is 399. The van der Waals surface area contributed by atoms with Gasteiger partial charge in [-0.15, -0.1) is 0 Å². The van der Waals surface area contributed by atoms with Crippen LogP contribution in [0.4, 0.5) is 0 Å². The predicted octanol–water partition coefficient (Wildman–Crippen LogP) is -0.0821. The van der Waals surface area contributed by atoms with Gasteiger partial charge in [-0.25, -0.2) is 0 Å². The van der Waals surface area contributed by atoms with Gasteiger partial charge in [0.25, 0.3) is 0 Å². The molecule has 1 aliphatic heterocycles. The van der Waals surface area contributed by atoms with Crippen molar-refractivity contribution in [2.45, 2.75) is 102 Å². The van der Waals surface area contributed by atoms with Crippen molar-refractivity contribution in [1.29, 1.82) is 0 Å². The fourth-order valence-corrected chi connectivity index (χ4v) is 3.80. The van der Waals surface area contributed by atoms with Crippen LogP contribution in [-0.2, 0) is 4.74 Å². The van der Waals surface area contributed by atoms with E-state index < -0.39 is 12.2 Å². The molecule has 0 aliphatic carbocycles. The van der Waals surface area contributed by atoms with Gasteiger partial charge < -0.3 is 37.5 Å². The molecule has 0 aromatic rings. The molecule has 1 aliphatic rings. The van der Waals surface area contributed by atoms with Crippen molar-refractivity contribution in [2.24, 2.45) is 29.0 Å². The smallest absolute Gasteiger partial charge is 0.0865 e. The van der Waals surface area contributed by atoms with E-state index in [0.717, 1.165) is 12.8 Å². The van der Waals surface area contributed by atoms with Gasteiger partial charge in [0.15, 0.2) is 0 Å². The van der Waals surface area contributed by atoms with E-state index in [2.05, 4.69) is 26.1 Å². The Hall–Kier alpha value is -0.280. The van der Waals surface area contributed by atoms with Crippen LogP contribution < -0.4 is 22.5 Å². The van der Waals surface area contributed by atoms with Gasteiger partial charge in [-0.3, -0.25) is 0 Å². The summed E-state index contributed by atoms with van der Waals surface area (Å²) in [4.78, 5) is 0. The normalized spacial score (nSPS) is 33.9. The van der Waals surface area contributed by atoms with Crippen molar-refractivity contribution < 1.29 is 14.9 Å². The molecule has 1 saturated heterocycles. The number of aliphatic hydroxyl groups excluding tert-OH is 2. The van der Waals surface area contributed by atoms with Gasteiger partial charge in [-0.05, 0) is 58.4 Å². The predicted molar refractivity (Wildman–Crippen MR) is 106 cm³/mol. The highest BCUT2D eigenvalue weighted by molar-refractivity contribution is 4.92. The molecule has 10 unspecified atom stereocenters. The Labute approximate surface area is 159 Å². The topological polar surface area (TPSA) is 140 Å². The molecule has 0 bridgehead atoms. The van der Waals surface area contributed by atoms with Gasteiger partial charge in [-0.1, -0.05) is 13.8 Å². The molecule has 0 aromatic heterocycles. The first kappa shape index (κ1) is 23.8. The third kappa shape index (κ3) is 7.03.